The second kappa shape index (κ2) is 8.50. The van der Waals surface area contributed by atoms with Crippen molar-refractivity contribution in [3.63, 3.8) is 0 Å². The van der Waals surface area contributed by atoms with Crippen LogP contribution in [0.5, 0.6) is 0 Å². The van der Waals surface area contributed by atoms with Gasteiger partial charge in [-0.05, 0) is 24.4 Å². The van der Waals surface area contributed by atoms with Crippen LogP contribution >= 0.6 is 0 Å². The third kappa shape index (κ3) is 4.89. The summed E-state index contributed by atoms with van der Waals surface area (Å²) in [5.41, 5.74) is 7.38. The molecule has 1 aromatic carbocycles. The number of amidine groups is 1. The Kier molecular flexibility index (Phi) is 6.92. The summed E-state index contributed by atoms with van der Waals surface area (Å²) in [5.74, 6) is 0.598. The van der Waals surface area contributed by atoms with Crippen LogP contribution < -0.4 is 11.1 Å². The van der Waals surface area contributed by atoms with Gasteiger partial charge in [-0.1, -0.05) is 42.8 Å². The van der Waals surface area contributed by atoms with Gasteiger partial charge in [0.25, 0.3) is 0 Å². The third-order valence-electron chi connectivity index (χ3n) is 3.26. The van der Waals surface area contributed by atoms with Crippen molar-refractivity contribution in [1.82, 2.24) is 5.32 Å². The Morgan fingerprint density at radius 1 is 1.42 bits per heavy atom. The van der Waals surface area contributed by atoms with E-state index in [2.05, 4.69) is 17.4 Å². The maximum atomic E-state index is 8.95. The largest absolute Gasteiger partial charge is 0.409 e. The molecule has 0 spiro atoms. The van der Waals surface area contributed by atoms with Gasteiger partial charge in [-0.3, -0.25) is 0 Å². The molecule has 0 aliphatic rings. The average Bonchev–Trinajstić information content (AvgIpc) is 2.46. The number of oxime groups is 1. The molecule has 106 valence electrons. The zero-order valence-corrected chi connectivity index (χ0v) is 11.3. The molecule has 0 fully saturated rings. The molecule has 0 aliphatic carbocycles. The van der Waals surface area contributed by atoms with E-state index in [4.69, 9.17) is 16.0 Å². The number of hydrogen-bond acceptors (Lipinski definition) is 4. The summed E-state index contributed by atoms with van der Waals surface area (Å²) < 4.78 is 0. The molecule has 5 heteroatoms. The zero-order chi connectivity index (χ0) is 14.1. The molecule has 5 nitrogen and oxygen atoms in total. The molecule has 1 unspecified atom stereocenters. The Bertz CT molecular complexity index is 407. The van der Waals surface area contributed by atoms with Gasteiger partial charge in [0, 0.05) is 18.7 Å². The summed E-state index contributed by atoms with van der Waals surface area (Å²) in [6, 6.07) is 7.57. The Morgan fingerprint density at radius 2 is 2.16 bits per heavy atom. The Hall–Kier alpha value is -1.59. The highest BCUT2D eigenvalue weighted by Gasteiger charge is 2.08. The molecule has 1 rings (SSSR count). The van der Waals surface area contributed by atoms with E-state index < -0.39 is 0 Å². The second-order valence-corrected chi connectivity index (χ2v) is 4.56. The molecule has 19 heavy (non-hydrogen) atoms. The predicted molar refractivity (Wildman–Crippen MR) is 76.1 cm³/mol. The number of nitrogens with zero attached hydrogens (tertiary/aromatic N) is 1. The van der Waals surface area contributed by atoms with Gasteiger partial charge < -0.3 is 21.4 Å². The molecule has 0 heterocycles. The zero-order valence-electron chi connectivity index (χ0n) is 11.3. The fourth-order valence-electron chi connectivity index (χ4n) is 2.02. The highest BCUT2D eigenvalue weighted by atomic mass is 16.4. The number of rotatable bonds is 8. The third-order valence-corrected chi connectivity index (χ3v) is 3.26. The minimum Gasteiger partial charge on any atom is -0.409 e. The first-order valence-corrected chi connectivity index (χ1v) is 6.60. The van der Waals surface area contributed by atoms with Crippen LogP contribution in [0.4, 0.5) is 0 Å². The van der Waals surface area contributed by atoms with Crippen LogP contribution in [-0.2, 0) is 6.54 Å². The normalized spacial score (nSPS) is 13.5. The summed E-state index contributed by atoms with van der Waals surface area (Å²) in [6.07, 6.45) is 1.85. The van der Waals surface area contributed by atoms with Gasteiger partial charge in [-0.25, -0.2) is 0 Å². The van der Waals surface area contributed by atoms with E-state index in [1.165, 1.54) is 0 Å². The molecular formula is C14H23N3O2. The van der Waals surface area contributed by atoms with Crippen molar-refractivity contribution in [2.45, 2.75) is 26.3 Å². The second-order valence-electron chi connectivity index (χ2n) is 4.56. The SMILES string of the molecule is CCC(CCO)CNCc1ccccc1C(N)=NO. The Morgan fingerprint density at radius 3 is 2.79 bits per heavy atom. The van der Waals surface area contributed by atoms with E-state index in [-0.39, 0.29) is 12.4 Å². The summed E-state index contributed by atoms with van der Waals surface area (Å²) in [4.78, 5) is 0. The van der Waals surface area contributed by atoms with Gasteiger partial charge in [0.1, 0.15) is 0 Å². The number of nitrogens with one attached hydrogen (secondary N) is 1. The predicted octanol–water partition coefficient (Wildman–Crippen LogP) is 1.28. The van der Waals surface area contributed by atoms with Crippen molar-refractivity contribution >= 4 is 5.84 Å². The number of aliphatic hydroxyl groups is 1. The van der Waals surface area contributed by atoms with Gasteiger partial charge in [-0.2, -0.15) is 0 Å². The topological polar surface area (TPSA) is 90.9 Å². The van der Waals surface area contributed by atoms with Crippen LogP contribution in [0.15, 0.2) is 29.4 Å². The van der Waals surface area contributed by atoms with Crippen LogP contribution in [0.25, 0.3) is 0 Å². The van der Waals surface area contributed by atoms with Gasteiger partial charge in [-0.15, -0.1) is 0 Å². The Balaban J connectivity index is 2.58. The lowest BCUT2D eigenvalue weighted by molar-refractivity contribution is 0.251. The van der Waals surface area contributed by atoms with E-state index in [0.29, 0.717) is 12.5 Å². The lowest BCUT2D eigenvalue weighted by atomic mass is 10.0. The minimum atomic E-state index is 0.125. The van der Waals surface area contributed by atoms with E-state index in [1.807, 2.05) is 24.3 Å². The van der Waals surface area contributed by atoms with Crippen LogP contribution in [0.2, 0.25) is 0 Å². The van der Waals surface area contributed by atoms with Crippen molar-refractivity contribution in [1.29, 1.82) is 0 Å². The molecule has 0 amide bonds. The quantitative estimate of drug-likeness (QED) is 0.247. The molecule has 0 radical (unpaired) electrons. The number of hydrogen-bond donors (Lipinski definition) is 4. The van der Waals surface area contributed by atoms with E-state index >= 15 is 0 Å². The van der Waals surface area contributed by atoms with Crippen molar-refractivity contribution in [3.8, 4) is 0 Å². The Labute approximate surface area is 114 Å². The van der Waals surface area contributed by atoms with Crippen LogP contribution in [-0.4, -0.2) is 29.3 Å². The smallest absolute Gasteiger partial charge is 0.170 e. The molecule has 5 N–H and O–H groups in total. The minimum absolute atomic E-state index is 0.125. The maximum Gasteiger partial charge on any atom is 0.170 e. The summed E-state index contributed by atoms with van der Waals surface area (Å²) in [7, 11) is 0. The highest BCUT2D eigenvalue weighted by Crippen LogP contribution is 2.10. The first-order valence-electron chi connectivity index (χ1n) is 6.60. The van der Waals surface area contributed by atoms with E-state index in [1.54, 1.807) is 0 Å². The fourth-order valence-corrected chi connectivity index (χ4v) is 2.02. The molecule has 0 saturated heterocycles. The molecular weight excluding hydrogens is 242 g/mol. The monoisotopic (exact) mass is 265 g/mol. The maximum absolute atomic E-state index is 8.95. The van der Waals surface area contributed by atoms with Crippen molar-refractivity contribution < 1.29 is 10.3 Å². The fraction of sp³-hybridized carbons (Fsp3) is 0.500. The van der Waals surface area contributed by atoms with Crippen molar-refractivity contribution in [3.05, 3.63) is 35.4 Å². The van der Waals surface area contributed by atoms with Crippen LogP contribution in [0.3, 0.4) is 0 Å². The molecule has 0 saturated carbocycles. The molecule has 1 atom stereocenters. The number of benzene rings is 1. The van der Waals surface area contributed by atoms with Gasteiger partial charge in [0.05, 0.1) is 0 Å². The summed E-state index contributed by atoms with van der Waals surface area (Å²) in [5, 5.41) is 24.1. The number of aliphatic hydroxyl groups excluding tert-OH is 1. The molecule has 0 aliphatic heterocycles. The van der Waals surface area contributed by atoms with E-state index in [9.17, 15) is 0 Å². The molecule has 0 aromatic heterocycles. The molecule has 1 aromatic rings. The first kappa shape index (κ1) is 15.5. The molecule has 0 bridgehead atoms. The lowest BCUT2D eigenvalue weighted by Gasteiger charge is -2.15. The first-order chi connectivity index (χ1) is 9.22. The standard InChI is InChI=1S/C14H23N3O2/c1-2-11(7-8-18)9-16-10-12-5-3-4-6-13(12)14(15)17-19/h3-6,11,16,18-19H,2,7-10H2,1H3,(H2,15,17). The summed E-state index contributed by atoms with van der Waals surface area (Å²) in [6.45, 7) is 3.85. The van der Waals surface area contributed by atoms with Crippen molar-refractivity contribution in [2.75, 3.05) is 13.2 Å². The van der Waals surface area contributed by atoms with Gasteiger partial charge in [0.15, 0.2) is 5.84 Å². The summed E-state index contributed by atoms with van der Waals surface area (Å²) >= 11 is 0. The average molecular weight is 265 g/mol. The lowest BCUT2D eigenvalue weighted by Crippen LogP contribution is -2.25. The van der Waals surface area contributed by atoms with E-state index in [0.717, 1.165) is 30.5 Å². The van der Waals surface area contributed by atoms with Crippen LogP contribution in [0.1, 0.15) is 30.9 Å². The van der Waals surface area contributed by atoms with Crippen molar-refractivity contribution in [2.24, 2.45) is 16.8 Å². The van der Waals surface area contributed by atoms with Gasteiger partial charge in [0.2, 0.25) is 0 Å². The number of nitrogens with two attached hydrogens (primary N) is 1. The highest BCUT2D eigenvalue weighted by molar-refractivity contribution is 5.98. The van der Waals surface area contributed by atoms with Gasteiger partial charge >= 0.3 is 0 Å². The van der Waals surface area contributed by atoms with Crippen LogP contribution in [0, 0.1) is 5.92 Å².